The maximum absolute atomic E-state index is 12.8. The van der Waals surface area contributed by atoms with Crippen LogP contribution in [0.2, 0.25) is 0 Å². The Morgan fingerprint density at radius 2 is 1.70 bits per heavy atom. The van der Waals surface area contributed by atoms with Crippen LogP contribution in [0.15, 0.2) is 12.1 Å². The molecule has 1 amide bonds. The highest BCUT2D eigenvalue weighted by Crippen LogP contribution is 2.43. The van der Waals surface area contributed by atoms with E-state index < -0.39 is 11.7 Å². The summed E-state index contributed by atoms with van der Waals surface area (Å²) in [5, 5.41) is 0. The molecule has 2 rings (SSSR count). The van der Waals surface area contributed by atoms with Crippen molar-refractivity contribution in [3.63, 3.8) is 0 Å². The highest BCUT2D eigenvalue weighted by atomic mass is 16.6. The number of carbonyl (C=O) groups is 2. The molecule has 1 aromatic carbocycles. The van der Waals surface area contributed by atoms with Crippen LogP contribution >= 0.6 is 0 Å². The molecule has 150 valence electrons. The SMILES string of the molecule is CCOc1cc2c(cc1OCC)[C@@H](CC=O)N(C(=O)OC(C)(C)C)CC2C. The number of amides is 1. The van der Waals surface area contributed by atoms with E-state index in [0.717, 1.165) is 17.4 Å². The molecule has 0 spiro atoms. The molecule has 0 saturated heterocycles. The van der Waals surface area contributed by atoms with Gasteiger partial charge in [0.15, 0.2) is 11.5 Å². The number of hydrogen-bond donors (Lipinski definition) is 0. The van der Waals surface area contributed by atoms with Gasteiger partial charge in [0, 0.05) is 13.0 Å². The summed E-state index contributed by atoms with van der Waals surface area (Å²) in [5.74, 6) is 1.41. The molecule has 0 aromatic heterocycles. The van der Waals surface area contributed by atoms with Crippen LogP contribution in [0.5, 0.6) is 11.5 Å². The van der Waals surface area contributed by atoms with Crippen molar-refractivity contribution >= 4 is 12.4 Å². The summed E-state index contributed by atoms with van der Waals surface area (Å²) in [7, 11) is 0. The zero-order valence-electron chi connectivity index (χ0n) is 17.2. The van der Waals surface area contributed by atoms with Crippen LogP contribution in [0.25, 0.3) is 0 Å². The largest absolute Gasteiger partial charge is 0.490 e. The van der Waals surface area contributed by atoms with Gasteiger partial charge in [-0.1, -0.05) is 6.92 Å². The molecule has 27 heavy (non-hydrogen) atoms. The van der Waals surface area contributed by atoms with Crippen LogP contribution in [0.3, 0.4) is 0 Å². The fourth-order valence-corrected chi connectivity index (χ4v) is 3.40. The van der Waals surface area contributed by atoms with Gasteiger partial charge in [0.1, 0.15) is 11.9 Å². The lowest BCUT2D eigenvalue weighted by atomic mass is 9.85. The predicted octanol–water partition coefficient (Wildman–Crippen LogP) is 4.47. The van der Waals surface area contributed by atoms with Crippen molar-refractivity contribution in [1.82, 2.24) is 4.90 Å². The average molecular weight is 377 g/mol. The number of hydrogen-bond acceptors (Lipinski definition) is 5. The van der Waals surface area contributed by atoms with E-state index in [1.54, 1.807) is 4.90 Å². The van der Waals surface area contributed by atoms with Crippen LogP contribution in [-0.4, -0.2) is 42.6 Å². The Bertz CT molecular complexity index is 680. The average Bonchev–Trinajstić information content (AvgIpc) is 2.57. The summed E-state index contributed by atoms with van der Waals surface area (Å²) < 4.78 is 17.1. The highest BCUT2D eigenvalue weighted by molar-refractivity contribution is 5.71. The van der Waals surface area contributed by atoms with Crippen molar-refractivity contribution in [2.75, 3.05) is 19.8 Å². The number of benzene rings is 1. The number of nitrogens with zero attached hydrogens (tertiary/aromatic N) is 1. The summed E-state index contributed by atoms with van der Waals surface area (Å²) in [5.41, 5.74) is 1.40. The van der Waals surface area contributed by atoms with E-state index in [1.807, 2.05) is 46.8 Å². The second kappa shape index (κ2) is 8.63. The Morgan fingerprint density at radius 3 is 2.19 bits per heavy atom. The van der Waals surface area contributed by atoms with Crippen molar-refractivity contribution in [2.45, 2.75) is 65.5 Å². The summed E-state index contributed by atoms with van der Waals surface area (Å²) in [4.78, 5) is 25.8. The molecular formula is C21H31NO5. The Kier molecular flexibility index (Phi) is 6.73. The molecule has 6 nitrogen and oxygen atoms in total. The maximum atomic E-state index is 12.8. The minimum Gasteiger partial charge on any atom is -0.490 e. The van der Waals surface area contributed by atoms with E-state index in [9.17, 15) is 9.59 Å². The maximum Gasteiger partial charge on any atom is 0.410 e. The number of carbonyl (C=O) groups excluding carboxylic acids is 2. The first-order chi connectivity index (χ1) is 12.7. The quantitative estimate of drug-likeness (QED) is 0.685. The monoisotopic (exact) mass is 377 g/mol. The Hall–Kier alpha value is -2.24. The van der Waals surface area contributed by atoms with Crippen molar-refractivity contribution in [2.24, 2.45) is 0 Å². The smallest absolute Gasteiger partial charge is 0.410 e. The van der Waals surface area contributed by atoms with E-state index in [1.165, 1.54) is 0 Å². The lowest BCUT2D eigenvalue weighted by Crippen LogP contribution is -2.44. The zero-order chi connectivity index (χ0) is 20.2. The van der Waals surface area contributed by atoms with Crippen molar-refractivity contribution in [1.29, 1.82) is 0 Å². The topological polar surface area (TPSA) is 65.1 Å². The van der Waals surface area contributed by atoms with Crippen LogP contribution < -0.4 is 9.47 Å². The molecule has 1 heterocycles. The van der Waals surface area contributed by atoms with Gasteiger partial charge in [-0.05, 0) is 63.8 Å². The summed E-state index contributed by atoms with van der Waals surface area (Å²) in [6, 6.07) is 3.52. The molecule has 1 aliphatic rings. The normalized spacial score (nSPS) is 19.3. The molecule has 6 heteroatoms. The molecular weight excluding hydrogens is 346 g/mol. The fourth-order valence-electron chi connectivity index (χ4n) is 3.40. The molecule has 1 aliphatic heterocycles. The summed E-state index contributed by atoms with van der Waals surface area (Å²) in [6.45, 7) is 12.9. The third-order valence-corrected chi connectivity index (χ3v) is 4.43. The summed E-state index contributed by atoms with van der Waals surface area (Å²) in [6.07, 6.45) is 0.649. The number of rotatable bonds is 6. The number of aldehydes is 1. The third kappa shape index (κ3) is 4.93. The molecule has 2 atom stereocenters. The Labute approximate surface area is 161 Å². The fraction of sp³-hybridized carbons (Fsp3) is 0.619. The molecule has 0 N–H and O–H groups in total. The van der Waals surface area contributed by atoms with Crippen LogP contribution in [0, 0.1) is 0 Å². The molecule has 1 unspecified atom stereocenters. The molecule has 0 radical (unpaired) electrons. The van der Waals surface area contributed by atoms with Gasteiger partial charge < -0.3 is 23.9 Å². The second-order valence-corrected chi connectivity index (χ2v) is 7.75. The number of fused-ring (bicyclic) bond motifs is 1. The summed E-state index contributed by atoms with van der Waals surface area (Å²) >= 11 is 0. The lowest BCUT2D eigenvalue weighted by molar-refractivity contribution is -0.109. The van der Waals surface area contributed by atoms with Crippen LogP contribution in [0.4, 0.5) is 4.79 Å². The molecule has 0 bridgehead atoms. The van der Waals surface area contributed by atoms with Gasteiger partial charge in [-0.25, -0.2) is 4.79 Å². The predicted molar refractivity (Wildman–Crippen MR) is 104 cm³/mol. The standard InChI is InChI=1S/C21H31NO5/c1-7-25-18-11-15-14(3)13-22(20(24)27-21(4,5)6)17(9-10-23)16(15)12-19(18)26-8-2/h10-12,14,17H,7-9,13H2,1-6H3/t14?,17-/m1/s1. The third-order valence-electron chi connectivity index (χ3n) is 4.43. The van der Waals surface area contributed by atoms with Crippen LogP contribution in [0.1, 0.15) is 71.0 Å². The van der Waals surface area contributed by atoms with E-state index in [-0.39, 0.29) is 18.4 Å². The molecule has 0 saturated carbocycles. The minimum absolute atomic E-state index is 0.0882. The zero-order valence-corrected chi connectivity index (χ0v) is 17.2. The van der Waals surface area contributed by atoms with Crippen LogP contribution in [-0.2, 0) is 9.53 Å². The van der Waals surface area contributed by atoms with Crippen molar-refractivity contribution in [3.05, 3.63) is 23.3 Å². The van der Waals surface area contributed by atoms with E-state index in [2.05, 4.69) is 6.92 Å². The van der Waals surface area contributed by atoms with E-state index in [4.69, 9.17) is 14.2 Å². The van der Waals surface area contributed by atoms with Crippen molar-refractivity contribution < 1.29 is 23.8 Å². The first-order valence-corrected chi connectivity index (χ1v) is 9.58. The number of ether oxygens (including phenoxy) is 3. The van der Waals surface area contributed by atoms with Gasteiger partial charge >= 0.3 is 6.09 Å². The lowest BCUT2D eigenvalue weighted by Gasteiger charge is -2.40. The minimum atomic E-state index is -0.596. The van der Waals surface area contributed by atoms with E-state index >= 15 is 0 Å². The molecule has 1 aromatic rings. The molecule has 0 aliphatic carbocycles. The van der Waals surface area contributed by atoms with E-state index in [0.29, 0.717) is 31.3 Å². The molecule has 0 fully saturated rings. The Balaban J connectivity index is 2.49. The van der Waals surface area contributed by atoms with Crippen molar-refractivity contribution in [3.8, 4) is 11.5 Å². The van der Waals surface area contributed by atoms with Gasteiger partial charge in [-0.15, -0.1) is 0 Å². The first-order valence-electron chi connectivity index (χ1n) is 9.58. The first kappa shape index (κ1) is 21.1. The van der Waals surface area contributed by atoms with Gasteiger partial charge in [0.25, 0.3) is 0 Å². The second-order valence-electron chi connectivity index (χ2n) is 7.75. The van der Waals surface area contributed by atoms with Gasteiger partial charge in [-0.2, -0.15) is 0 Å². The highest BCUT2D eigenvalue weighted by Gasteiger charge is 2.37. The van der Waals surface area contributed by atoms with Gasteiger partial charge in [0.2, 0.25) is 0 Å². The van der Waals surface area contributed by atoms with Gasteiger partial charge in [0.05, 0.1) is 19.3 Å². The van der Waals surface area contributed by atoms with Gasteiger partial charge in [-0.3, -0.25) is 0 Å². The Morgan fingerprint density at radius 1 is 1.15 bits per heavy atom.